The third kappa shape index (κ3) is 2.59. The summed E-state index contributed by atoms with van der Waals surface area (Å²) in [5.41, 5.74) is 7.98. The van der Waals surface area contributed by atoms with Crippen LogP contribution in [0.5, 0.6) is 0 Å². The van der Waals surface area contributed by atoms with E-state index in [1.54, 1.807) is 0 Å². The molecule has 0 aliphatic carbocycles. The van der Waals surface area contributed by atoms with Crippen molar-refractivity contribution in [2.24, 2.45) is 5.11 Å². The first-order valence-electron chi connectivity index (χ1n) is 6.01. The molecule has 7 nitrogen and oxygen atoms in total. The average Bonchev–Trinajstić information content (AvgIpc) is 2.77. The molecule has 0 spiro atoms. The van der Waals surface area contributed by atoms with Crippen molar-refractivity contribution in [3.8, 4) is 0 Å². The van der Waals surface area contributed by atoms with Gasteiger partial charge in [0.15, 0.2) is 5.82 Å². The Bertz CT molecular complexity index is 581. The van der Waals surface area contributed by atoms with E-state index in [-0.39, 0.29) is 17.8 Å². The van der Waals surface area contributed by atoms with Crippen LogP contribution in [0, 0.1) is 12.7 Å². The first-order valence-corrected chi connectivity index (χ1v) is 6.01. The fraction of sp³-hybridized carbons (Fsp3) is 0.636. The van der Waals surface area contributed by atoms with Crippen LogP contribution in [0.15, 0.2) is 16.1 Å². The molecule has 1 fully saturated rings. The molecule has 19 heavy (non-hydrogen) atoms. The van der Waals surface area contributed by atoms with Gasteiger partial charge < -0.3 is 4.74 Å². The van der Waals surface area contributed by atoms with Crippen molar-refractivity contribution < 1.29 is 9.13 Å². The smallest absolute Gasteiger partial charge is 0.350 e. The Morgan fingerprint density at radius 2 is 2.47 bits per heavy atom. The van der Waals surface area contributed by atoms with Gasteiger partial charge in [-0.15, -0.1) is 0 Å². The molecule has 0 aromatic carbocycles. The summed E-state index contributed by atoms with van der Waals surface area (Å²) in [6.45, 7) is 3.32. The van der Waals surface area contributed by atoms with Crippen LogP contribution < -0.4 is 5.69 Å². The minimum Gasteiger partial charge on any atom is -0.354 e. The normalized spacial score (nSPS) is 26.2. The highest BCUT2D eigenvalue weighted by molar-refractivity contribution is 5.01. The standard InChI is InChI=1S/C11H14FN5O2/c1-3-9-8(15-16-13)4-10(19-9)17-5-7(12)6(2)14-11(17)18/h5,8-10H,3-4H2,1-2H3/t8-,9-,10-/m1/s1. The second-order valence-electron chi connectivity index (χ2n) is 4.41. The fourth-order valence-electron chi connectivity index (χ4n) is 2.17. The molecule has 1 saturated heterocycles. The van der Waals surface area contributed by atoms with Crippen LogP contribution in [0.1, 0.15) is 31.7 Å². The Kier molecular flexibility index (Phi) is 3.82. The first-order chi connectivity index (χ1) is 9.06. The van der Waals surface area contributed by atoms with E-state index in [4.69, 9.17) is 10.3 Å². The summed E-state index contributed by atoms with van der Waals surface area (Å²) in [4.78, 5) is 18.1. The zero-order valence-electron chi connectivity index (χ0n) is 10.7. The molecule has 1 aromatic heterocycles. The van der Waals surface area contributed by atoms with Gasteiger partial charge in [0.2, 0.25) is 0 Å². The molecule has 1 aliphatic rings. The number of nitrogens with zero attached hydrogens (tertiary/aromatic N) is 5. The summed E-state index contributed by atoms with van der Waals surface area (Å²) in [7, 11) is 0. The van der Waals surface area contributed by atoms with E-state index in [1.807, 2.05) is 6.92 Å². The highest BCUT2D eigenvalue weighted by Gasteiger charge is 2.35. The van der Waals surface area contributed by atoms with Gasteiger partial charge in [-0.3, -0.25) is 4.57 Å². The van der Waals surface area contributed by atoms with E-state index in [1.165, 1.54) is 6.92 Å². The molecule has 102 valence electrons. The van der Waals surface area contributed by atoms with E-state index in [2.05, 4.69) is 15.0 Å². The summed E-state index contributed by atoms with van der Waals surface area (Å²) in [5, 5.41) is 3.65. The van der Waals surface area contributed by atoms with Crippen molar-refractivity contribution in [1.29, 1.82) is 0 Å². The van der Waals surface area contributed by atoms with Crippen LogP contribution in [0.2, 0.25) is 0 Å². The van der Waals surface area contributed by atoms with Crippen LogP contribution in [0.25, 0.3) is 10.4 Å². The van der Waals surface area contributed by atoms with Gasteiger partial charge in [-0.25, -0.2) is 9.18 Å². The van der Waals surface area contributed by atoms with Crippen LogP contribution in [0.3, 0.4) is 0 Å². The molecular weight excluding hydrogens is 253 g/mol. The largest absolute Gasteiger partial charge is 0.354 e. The average molecular weight is 267 g/mol. The number of hydrogen-bond donors (Lipinski definition) is 0. The maximum Gasteiger partial charge on any atom is 0.350 e. The topological polar surface area (TPSA) is 92.9 Å². The zero-order chi connectivity index (χ0) is 14.0. The van der Waals surface area contributed by atoms with Crippen molar-refractivity contribution >= 4 is 0 Å². The second-order valence-corrected chi connectivity index (χ2v) is 4.41. The van der Waals surface area contributed by atoms with Gasteiger partial charge in [0.05, 0.1) is 17.8 Å². The number of rotatable bonds is 3. The van der Waals surface area contributed by atoms with Crippen LogP contribution in [0.4, 0.5) is 4.39 Å². The Labute approximate surface area is 108 Å². The minimum atomic E-state index is -0.643. The molecule has 0 radical (unpaired) electrons. The number of hydrogen-bond acceptors (Lipinski definition) is 4. The lowest BCUT2D eigenvalue weighted by Crippen LogP contribution is -2.28. The van der Waals surface area contributed by atoms with Crippen molar-refractivity contribution in [3.63, 3.8) is 0 Å². The molecule has 2 rings (SSSR count). The Hall–Kier alpha value is -1.92. The summed E-state index contributed by atoms with van der Waals surface area (Å²) in [6.07, 6.45) is 1.16. The minimum absolute atomic E-state index is 0.0536. The van der Waals surface area contributed by atoms with Crippen LogP contribution >= 0.6 is 0 Å². The summed E-state index contributed by atoms with van der Waals surface area (Å²) in [5.74, 6) is -0.566. The lowest BCUT2D eigenvalue weighted by molar-refractivity contribution is -0.00460. The van der Waals surface area contributed by atoms with Gasteiger partial charge in [0, 0.05) is 17.5 Å². The molecule has 2 heterocycles. The van der Waals surface area contributed by atoms with Crippen molar-refractivity contribution in [2.45, 2.75) is 45.1 Å². The monoisotopic (exact) mass is 267 g/mol. The van der Waals surface area contributed by atoms with E-state index in [0.717, 1.165) is 10.8 Å². The van der Waals surface area contributed by atoms with E-state index in [0.29, 0.717) is 12.8 Å². The molecule has 3 atom stereocenters. The highest BCUT2D eigenvalue weighted by atomic mass is 19.1. The number of halogens is 1. The molecule has 1 aliphatic heterocycles. The number of ether oxygens (including phenoxy) is 1. The van der Waals surface area contributed by atoms with Gasteiger partial charge in [0.1, 0.15) is 6.23 Å². The number of aromatic nitrogens is 2. The molecule has 0 unspecified atom stereocenters. The van der Waals surface area contributed by atoms with E-state index < -0.39 is 17.7 Å². The number of aryl methyl sites for hydroxylation is 1. The van der Waals surface area contributed by atoms with Gasteiger partial charge in [-0.1, -0.05) is 12.0 Å². The lowest BCUT2D eigenvalue weighted by atomic mass is 10.1. The van der Waals surface area contributed by atoms with Gasteiger partial charge in [0.25, 0.3) is 0 Å². The maximum atomic E-state index is 13.5. The van der Waals surface area contributed by atoms with Crippen molar-refractivity contribution in [1.82, 2.24) is 9.55 Å². The zero-order valence-corrected chi connectivity index (χ0v) is 10.7. The van der Waals surface area contributed by atoms with Gasteiger partial charge >= 0.3 is 5.69 Å². The molecule has 0 amide bonds. The Morgan fingerprint density at radius 1 is 1.74 bits per heavy atom. The molecular formula is C11H14FN5O2. The maximum absolute atomic E-state index is 13.5. The van der Waals surface area contributed by atoms with Gasteiger partial charge in [-0.05, 0) is 18.9 Å². The molecule has 0 N–H and O–H groups in total. The molecule has 8 heteroatoms. The number of azide groups is 1. The third-order valence-electron chi connectivity index (χ3n) is 3.20. The second kappa shape index (κ2) is 5.38. The predicted octanol–water partition coefficient (Wildman–Crippen LogP) is 2.07. The van der Waals surface area contributed by atoms with Crippen molar-refractivity contribution in [3.05, 3.63) is 38.6 Å². The van der Waals surface area contributed by atoms with Crippen molar-refractivity contribution in [2.75, 3.05) is 0 Å². The predicted molar refractivity (Wildman–Crippen MR) is 64.9 cm³/mol. The van der Waals surface area contributed by atoms with Gasteiger partial charge in [-0.2, -0.15) is 4.98 Å². The van der Waals surface area contributed by atoms with E-state index >= 15 is 0 Å². The molecule has 1 aromatic rings. The fourth-order valence-corrected chi connectivity index (χ4v) is 2.17. The summed E-state index contributed by atoms with van der Waals surface area (Å²) in [6, 6.07) is -0.351. The molecule has 0 saturated carbocycles. The summed E-state index contributed by atoms with van der Waals surface area (Å²) < 4.78 is 20.2. The third-order valence-corrected chi connectivity index (χ3v) is 3.20. The Balaban J connectivity index is 2.32. The SMILES string of the molecule is CC[C@H]1O[C@@H](n2cc(F)c(C)nc2=O)C[C@H]1N=[N+]=[N-]. The van der Waals surface area contributed by atoms with Crippen LogP contribution in [-0.4, -0.2) is 21.7 Å². The summed E-state index contributed by atoms with van der Waals surface area (Å²) >= 11 is 0. The van der Waals surface area contributed by atoms with E-state index in [9.17, 15) is 9.18 Å². The highest BCUT2D eigenvalue weighted by Crippen LogP contribution is 2.31. The quantitative estimate of drug-likeness (QED) is 0.476. The lowest BCUT2D eigenvalue weighted by Gasteiger charge is -2.15. The first kappa shape index (κ1) is 13.5. The molecule has 0 bridgehead atoms. The van der Waals surface area contributed by atoms with Crippen LogP contribution in [-0.2, 0) is 4.74 Å². The Morgan fingerprint density at radius 3 is 3.11 bits per heavy atom.